The molecule has 2 heteroatoms. The lowest BCUT2D eigenvalue weighted by Crippen LogP contribution is -2.29. The van der Waals surface area contributed by atoms with Crippen molar-refractivity contribution in [2.24, 2.45) is 23.7 Å². The number of ether oxygens (including phenoxy) is 1. The minimum absolute atomic E-state index is 0.180. The van der Waals surface area contributed by atoms with Crippen LogP contribution in [0.1, 0.15) is 32.6 Å². The molecule has 2 saturated carbocycles. The largest absolute Gasteiger partial charge is 0.368 e. The summed E-state index contributed by atoms with van der Waals surface area (Å²) in [6.45, 7) is 10.6. The predicted octanol–water partition coefficient (Wildman–Crippen LogP) is 2.89. The molecule has 6 atom stereocenters. The molecule has 0 amide bonds. The first-order chi connectivity index (χ1) is 8.09. The Morgan fingerprint density at radius 2 is 1.88 bits per heavy atom. The maximum absolute atomic E-state index is 9.92. The van der Waals surface area contributed by atoms with E-state index in [1.807, 2.05) is 0 Å². The Morgan fingerprint density at radius 3 is 2.65 bits per heavy atom. The van der Waals surface area contributed by atoms with Crippen LogP contribution < -0.4 is 0 Å². The number of allylic oxidation sites excluding steroid dienone is 1. The molecule has 0 aromatic heterocycles. The molecule has 0 radical (unpaired) electrons. The quantitative estimate of drug-likeness (QED) is 0.653. The molecule has 0 unspecified atom stereocenters. The average molecular weight is 234 g/mol. The molecule has 0 aromatic carbocycles. The summed E-state index contributed by atoms with van der Waals surface area (Å²) in [5, 5.41) is 9.92. The van der Waals surface area contributed by atoms with Crippen molar-refractivity contribution in [2.75, 3.05) is 0 Å². The van der Waals surface area contributed by atoms with Crippen LogP contribution in [-0.4, -0.2) is 17.5 Å². The molecule has 2 nitrogen and oxygen atoms in total. The molecule has 3 rings (SSSR count). The lowest BCUT2D eigenvalue weighted by molar-refractivity contribution is -0.117. The lowest BCUT2D eigenvalue weighted by Gasteiger charge is -2.27. The van der Waals surface area contributed by atoms with Gasteiger partial charge < -0.3 is 9.84 Å². The minimum Gasteiger partial charge on any atom is -0.368 e. The second-order valence-electron chi connectivity index (χ2n) is 6.04. The first-order valence-corrected chi connectivity index (χ1v) is 6.78. The molecule has 0 bridgehead atoms. The predicted molar refractivity (Wildman–Crippen MR) is 67.3 cm³/mol. The van der Waals surface area contributed by atoms with Crippen molar-refractivity contribution in [3.05, 3.63) is 24.3 Å². The number of hydrogen-bond donors (Lipinski definition) is 1. The third kappa shape index (κ3) is 1.61. The van der Waals surface area contributed by atoms with Crippen molar-refractivity contribution >= 4 is 0 Å². The zero-order chi connectivity index (χ0) is 12.2. The molecule has 2 aliphatic carbocycles. The molecule has 1 saturated heterocycles. The van der Waals surface area contributed by atoms with Crippen molar-refractivity contribution in [2.45, 2.75) is 45.0 Å². The molecule has 1 heterocycles. The molecule has 1 aliphatic heterocycles. The highest BCUT2D eigenvalue weighted by Crippen LogP contribution is 2.52. The number of fused-ring (bicyclic) bond motifs is 3. The van der Waals surface area contributed by atoms with Crippen molar-refractivity contribution in [1.29, 1.82) is 0 Å². The van der Waals surface area contributed by atoms with Gasteiger partial charge in [-0.05, 0) is 37.5 Å². The number of hydrogen-bond acceptors (Lipinski definition) is 2. The van der Waals surface area contributed by atoms with Gasteiger partial charge in [0.15, 0.2) is 6.29 Å². The Morgan fingerprint density at radius 1 is 1.18 bits per heavy atom. The highest BCUT2D eigenvalue weighted by atomic mass is 16.6. The van der Waals surface area contributed by atoms with E-state index >= 15 is 0 Å². The van der Waals surface area contributed by atoms with E-state index in [1.165, 1.54) is 17.6 Å². The fraction of sp³-hybridized carbons (Fsp3) is 0.733. The molecule has 3 aliphatic rings. The van der Waals surface area contributed by atoms with Gasteiger partial charge in [-0.3, -0.25) is 0 Å². The molecule has 17 heavy (non-hydrogen) atoms. The van der Waals surface area contributed by atoms with Crippen molar-refractivity contribution in [3.8, 4) is 0 Å². The standard InChI is InChI=1S/C15H22O2/c1-8-4-7-12-10(3)15(16)17-14(12)13-9(2)5-6-11(8)13/h10-16H,1-2,4-7H2,3H3/t10-,11-,12-,13-,14-,15+/m0/s1. The first kappa shape index (κ1) is 11.5. The maximum Gasteiger partial charge on any atom is 0.157 e. The third-order valence-corrected chi connectivity index (χ3v) is 5.20. The van der Waals surface area contributed by atoms with Gasteiger partial charge >= 0.3 is 0 Å². The highest BCUT2D eigenvalue weighted by Gasteiger charge is 2.50. The van der Waals surface area contributed by atoms with Gasteiger partial charge in [0, 0.05) is 11.8 Å². The normalized spacial score (nSPS) is 50.0. The number of aliphatic hydroxyl groups is 1. The van der Waals surface area contributed by atoms with E-state index in [0.29, 0.717) is 17.8 Å². The average Bonchev–Trinajstić information content (AvgIpc) is 2.75. The fourth-order valence-corrected chi connectivity index (χ4v) is 4.10. The van der Waals surface area contributed by atoms with Crippen LogP contribution in [0.3, 0.4) is 0 Å². The van der Waals surface area contributed by atoms with E-state index < -0.39 is 6.29 Å². The third-order valence-electron chi connectivity index (χ3n) is 5.20. The van der Waals surface area contributed by atoms with Crippen LogP contribution in [0.2, 0.25) is 0 Å². The van der Waals surface area contributed by atoms with Crippen LogP contribution in [0.25, 0.3) is 0 Å². The van der Waals surface area contributed by atoms with Crippen molar-refractivity contribution < 1.29 is 9.84 Å². The smallest absolute Gasteiger partial charge is 0.157 e. The molecular formula is C15H22O2. The topological polar surface area (TPSA) is 29.5 Å². The summed E-state index contributed by atoms with van der Waals surface area (Å²) < 4.78 is 5.84. The van der Waals surface area contributed by atoms with Gasteiger partial charge in [-0.1, -0.05) is 31.2 Å². The van der Waals surface area contributed by atoms with E-state index in [4.69, 9.17) is 4.74 Å². The number of rotatable bonds is 0. The summed E-state index contributed by atoms with van der Waals surface area (Å²) in [4.78, 5) is 0. The van der Waals surface area contributed by atoms with Gasteiger partial charge in [0.05, 0.1) is 6.10 Å². The second kappa shape index (κ2) is 3.96. The van der Waals surface area contributed by atoms with Crippen molar-refractivity contribution in [3.63, 3.8) is 0 Å². The summed E-state index contributed by atoms with van der Waals surface area (Å²) in [5.41, 5.74) is 2.70. The van der Waals surface area contributed by atoms with Gasteiger partial charge in [0.1, 0.15) is 0 Å². The minimum atomic E-state index is -0.578. The van der Waals surface area contributed by atoms with Gasteiger partial charge in [-0.2, -0.15) is 0 Å². The van der Waals surface area contributed by atoms with E-state index in [0.717, 1.165) is 19.3 Å². The van der Waals surface area contributed by atoms with Crippen molar-refractivity contribution in [1.82, 2.24) is 0 Å². The summed E-state index contributed by atoms with van der Waals surface area (Å²) in [5.74, 6) is 1.69. The fourth-order valence-electron chi connectivity index (χ4n) is 4.10. The summed E-state index contributed by atoms with van der Waals surface area (Å²) in [6, 6.07) is 0. The zero-order valence-electron chi connectivity index (χ0n) is 10.6. The highest BCUT2D eigenvalue weighted by molar-refractivity contribution is 5.23. The first-order valence-electron chi connectivity index (χ1n) is 6.78. The molecule has 0 aromatic rings. The monoisotopic (exact) mass is 234 g/mol. The van der Waals surface area contributed by atoms with E-state index in [9.17, 15) is 5.11 Å². The van der Waals surface area contributed by atoms with Crippen LogP contribution in [0, 0.1) is 23.7 Å². The van der Waals surface area contributed by atoms with Crippen LogP contribution in [-0.2, 0) is 4.74 Å². The van der Waals surface area contributed by atoms with Crippen LogP contribution in [0.15, 0.2) is 24.3 Å². The van der Waals surface area contributed by atoms with E-state index in [1.54, 1.807) is 0 Å². The zero-order valence-corrected chi connectivity index (χ0v) is 10.6. The Kier molecular flexibility index (Phi) is 2.68. The molecule has 3 fully saturated rings. The molecular weight excluding hydrogens is 212 g/mol. The summed E-state index contributed by atoms with van der Waals surface area (Å²) in [7, 11) is 0. The Bertz CT molecular complexity index is 360. The maximum atomic E-state index is 9.92. The molecule has 0 spiro atoms. The molecule has 94 valence electrons. The lowest BCUT2D eigenvalue weighted by atomic mass is 9.80. The summed E-state index contributed by atoms with van der Waals surface area (Å²) in [6.07, 6.45) is 4.09. The molecule has 1 N–H and O–H groups in total. The Hall–Kier alpha value is -0.600. The van der Waals surface area contributed by atoms with Crippen LogP contribution in [0.4, 0.5) is 0 Å². The van der Waals surface area contributed by atoms with E-state index in [-0.39, 0.29) is 12.0 Å². The van der Waals surface area contributed by atoms with Crippen LogP contribution >= 0.6 is 0 Å². The van der Waals surface area contributed by atoms with Gasteiger partial charge in [0.2, 0.25) is 0 Å². The Balaban J connectivity index is 1.95. The summed E-state index contributed by atoms with van der Waals surface area (Å²) >= 11 is 0. The SMILES string of the molecule is C=C1CC[C@H]2C(=C)CC[C@H]3[C@H](C)[C@H](O)O[C@@H]3[C@@H]12. The Labute approximate surface area is 103 Å². The van der Waals surface area contributed by atoms with Gasteiger partial charge in [0.25, 0.3) is 0 Å². The van der Waals surface area contributed by atoms with E-state index in [2.05, 4.69) is 20.1 Å². The van der Waals surface area contributed by atoms with Crippen LogP contribution in [0.5, 0.6) is 0 Å². The van der Waals surface area contributed by atoms with Gasteiger partial charge in [-0.15, -0.1) is 0 Å². The number of aliphatic hydroxyl groups excluding tert-OH is 1. The second-order valence-corrected chi connectivity index (χ2v) is 6.04. The van der Waals surface area contributed by atoms with Gasteiger partial charge in [-0.25, -0.2) is 0 Å².